The first-order valence-corrected chi connectivity index (χ1v) is 6.58. The van der Waals surface area contributed by atoms with E-state index >= 15 is 0 Å². The van der Waals surface area contributed by atoms with Crippen molar-refractivity contribution in [2.75, 3.05) is 5.32 Å². The third kappa shape index (κ3) is 2.83. The van der Waals surface area contributed by atoms with Crippen molar-refractivity contribution in [3.8, 4) is 12.3 Å². The highest BCUT2D eigenvalue weighted by molar-refractivity contribution is 7.18. The average molecular weight is 275 g/mol. The van der Waals surface area contributed by atoms with Crippen molar-refractivity contribution in [1.29, 1.82) is 0 Å². The quantitative estimate of drug-likeness (QED) is 0.528. The number of aryl methyl sites for hydroxylation is 1. The minimum Gasteiger partial charge on any atom is -0.376 e. The molecular weight excluding hydrogens is 262 g/mol. The number of aromatic nitrogens is 1. The first kappa shape index (κ1) is 13.3. The van der Waals surface area contributed by atoms with Gasteiger partial charge in [-0.15, -0.1) is 23.7 Å². The summed E-state index contributed by atoms with van der Waals surface area (Å²) in [6.07, 6.45) is 5.75. The van der Waals surface area contributed by atoms with Crippen LogP contribution in [0.3, 0.4) is 0 Å². The summed E-state index contributed by atoms with van der Waals surface area (Å²) in [5, 5.41) is 15.1. The molecule has 0 aliphatic rings. The molecule has 5 nitrogen and oxygen atoms in total. The second-order valence-corrected chi connectivity index (χ2v) is 5.52. The average Bonchev–Trinajstić information content (AvgIpc) is 2.67. The molecule has 1 heterocycles. The minimum absolute atomic E-state index is 0.0270. The first-order valence-electron chi connectivity index (χ1n) is 5.77. The van der Waals surface area contributed by atoms with E-state index in [0.29, 0.717) is 12.1 Å². The Morgan fingerprint density at radius 1 is 1.63 bits per heavy atom. The van der Waals surface area contributed by atoms with Gasteiger partial charge in [0.25, 0.3) is 5.69 Å². The van der Waals surface area contributed by atoms with Gasteiger partial charge in [-0.1, -0.05) is 0 Å². The van der Waals surface area contributed by atoms with Gasteiger partial charge >= 0.3 is 0 Å². The number of benzene rings is 1. The van der Waals surface area contributed by atoms with Crippen LogP contribution >= 0.6 is 11.3 Å². The van der Waals surface area contributed by atoms with Gasteiger partial charge in [-0.25, -0.2) is 4.98 Å². The fraction of sp³-hybridized carbons (Fsp3) is 0.308. The van der Waals surface area contributed by atoms with Crippen molar-refractivity contribution in [2.24, 2.45) is 0 Å². The number of nitrogens with one attached hydrogen (secondary N) is 1. The summed E-state index contributed by atoms with van der Waals surface area (Å²) < 4.78 is 0.819. The lowest BCUT2D eigenvalue weighted by atomic mass is 10.2. The number of hydrogen-bond acceptors (Lipinski definition) is 5. The molecule has 0 saturated carbocycles. The molecule has 0 spiro atoms. The van der Waals surface area contributed by atoms with E-state index < -0.39 is 0 Å². The Hall–Kier alpha value is -2.13. The molecule has 1 unspecified atom stereocenters. The van der Waals surface area contributed by atoms with E-state index in [2.05, 4.69) is 16.2 Å². The molecule has 0 aliphatic heterocycles. The first-order chi connectivity index (χ1) is 9.01. The molecule has 1 aromatic heterocycles. The Morgan fingerprint density at radius 2 is 2.37 bits per heavy atom. The molecule has 1 aromatic carbocycles. The minimum atomic E-state index is -0.389. The number of nitrogens with zero attached hydrogens (tertiary/aromatic N) is 2. The summed E-state index contributed by atoms with van der Waals surface area (Å²) in [6, 6.07) is 3.25. The highest BCUT2D eigenvalue weighted by atomic mass is 32.1. The van der Waals surface area contributed by atoms with Crippen molar-refractivity contribution < 1.29 is 4.92 Å². The van der Waals surface area contributed by atoms with Crippen molar-refractivity contribution in [2.45, 2.75) is 26.3 Å². The van der Waals surface area contributed by atoms with Gasteiger partial charge in [0.1, 0.15) is 5.69 Å². The van der Waals surface area contributed by atoms with Gasteiger partial charge in [-0.3, -0.25) is 10.1 Å². The van der Waals surface area contributed by atoms with Gasteiger partial charge in [0.2, 0.25) is 0 Å². The normalized spacial score (nSPS) is 12.1. The van der Waals surface area contributed by atoms with E-state index in [1.165, 1.54) is 11.3 Å². The molecule has 0 amide bonds. The predicted octanol–water partition coefficient (Wildman–Crippen LogP) is 3.34. The fourth-order valence-electron chi connectivity index (χ4n) is 1.84. The van der Waals surface area contributed by atoms with Crippen LogP contribution in [0.2, 0.25) is 0 Å². The Balaban J connectivity index is 2.47. The summed E-state index contributed by atoms with van der Waals surface area (Å²) in [6.45, 7) is 3.77. The molecule has 6 heteroatoms. The zero-order valence-electron chi connectivity index (χ0n) is 10.6. The maximum atomic E-state index is 11.1. The molecule has 0 fully saturated rings. The zero-order chi connectivity index (χ0) is 14.0. The number of rotatable bonds is 4. The van der Waals surface area contributed by atoms with E-state index in [9.17, 15) is 10.1 Å². The summed E-state index contributed by atoms with van der Waals surface area (Å²) in [7, 11) is 0. The number of anilines is 1. The number of thiazole rings is 1. The van der Waals surface area contributed by atoms with Crippen LogP contribution in [0.4, 0.5) is 11.4 Å². The van der Waals surface area contributed by atoms with E-state index in [4.69, 9.17) is 6.42 Å². The van der Waals surface area contributed by atoms with Crippen LogP contribution in [-0.4, -0.2) is 15.9 Å². The van der Waals surface area contributed by atoms with Crippen LogP contribution < -0.4 is 5.32 Å². The Morgan fingerprint density at radius 3 is 3.00 bits per heavy atom. The fourth-order valence-corrected chi connectivity index (χ4v) is 2.68. The van der Waals surface area contributed by atoms with Crippen LogP contribution in [0.5, 0.6) is 0 Å². The van der Waals surface area contributed by atoms with Crippen LogP contribution in [0.1, 0.15) is 18.4 Å². The number of nitro groups is 1. The van der Waals surface area contributed by atoms with Crippen molar-refractivity contribution in [1.82, 2.24) is 4.98 Å². The third-order valence-electron chi connectivity index (χ3n) is 2.64. The number of hydrogen-bond donors (Lipinski definition) is 1. The molecule has 98 valence electrons. The smallest absolute Gasteiger partial charge is 0.293 e. The molecule has 0 aliphatic carbocycles. The Labute approximate surface area is 114 Å². The monoisotopic (exact) mass is 275 g/mol. The largest absolute Gasteiger partial charge is 0.376 e. The standard InChI is InChI=1S/C13H13N3O2S/c1-4-5-8(2)14-10-6-11-13(19-9(3)15-11)7-12(10)16(17)18/h1,6-8,14H,5H2,2-3H3. The molecule has 2 aromatic rings. The van der Waals surface area contributed by atoms with Crippen LogP contribution in [0.25, 0.3) is 10.2 Å². The molecule has 19 heavy (non-hydrogen) atoms. The van der Waals surface area contributed by atoms with Gasteiger partial charge in [-0.05, 0) is 19.9 Å². The number of fused-ring (bicyclic) bond motifs is 1. The summed E-state index contributed by atoms with van der Waals surface area (Å²) >= 11 is 1.45. The topological polar surface area (TPSA) is 68.1 Å². The molecular formula is C13H13N3O2S. The van der Waals surface area contributed by atoms with Gasteiger partial charge in [0.05, 0.1) is 20.1 Å². The van der Waals surface area contributed by atoms with Crippen LogP contribution in [-0.2, 0) is 0 Å². The second kappa shape index (κ2) is 5.24. The third-order valence-corrected chi connectivity index (χ3v) is 3.57. The molecule has 0 radical (unpaired) electrons. The van der Waals surface area contributed by atoms with Crippen LogP contribution in [0.15, 0.2) is 12.1 Å². The SMILES string of the molecule is C#CCC(C)Nc1cc2nc(C)sc2cc1[N+](=O)[O-]. The highest BCUT2D eigenvalue weighted by Crippen LogP contribution is 2.33. The lowest BCUT2D eigenvalue weighted by molar-refractivity contribution is -0.383. The van der Waals surface area contributed by atoms with E-state index in [0.717, 1.165) is 15.2 Å². The lowest BCUT2D eigenvalue weighted by Gasteiger charge is -2.12. The summed E-state index contributed by atoms with van der Waals surface area (Å²) in [5.74, 6) is 2.53. The maximum Gasteiger partial charge on any atom is 0.293 e. The molecule has 0 saturated heterocycles. The van der Waals surface area contributed by atoms with Gasteiger partial charge in [-0.2, -0.15) is 0 Å². The second-order valence-electron chi connectivity index (χ2n) is 4.28. The Kier molecular flexibility index (Phi) is 3.67. The summed E-state index contributed by atoms with van der Waals surface area (Å²) in [5.41, 5.74) is 1.29. The zero-order valence-corrected chi connectivity index (χ0v) is 11.5. The van der Waals surface area contributed by atoms with Gasteiger partial charge in [0, 0.05) is 18.5 Å². The molecule has 0 bridgehead atoms. The maximum absolute atomic E-state index is 11.1. The van der Waals surface area contributed by atoms with Crippen molar-refractivity contribution in [3.63, 3.8) is 0 Å². The molecule has 1 N–H and O–H groups in total. The van der Waals surface area contributed by atoms with Crippen LogP contribution in [0, 0.1) is 29.4 Å². The van der Waals surface area contributed by atoms with Gasteiger partial charge in [0.15, 0.2) is 0 Å². The summed E-state index contributed by atoms with van der Waals surface area (Å²) in [4.78, 5) is 15.1. The molecule has 2 rings (SSSR count). The van der Waals surface area contributed by atoms with Gasteiger partial charge < -0.3 is 5.32 Å². The molecule has 1 atom stereocenters. The lowest BCUT2D eigenvalue weighted by Crippen LogP contribution is -2.15. The van der Waals surface area contributed by atoms with Crippen molar-refractivity contribution >= 4 is 32.9 Å². The van der Waals surface area contributed by atoms with E-state index in [1.54, 1.807) is 12.1 Å². The highest BCUT2D eigenvalue weighted by Gasteiger charge is 2.18. The number of nitro benzene ring substituents is 1. The Bertz CT molecular complexity index is 672. The van der Waals surface area contributed by atoms with E-state index in [-0.39, 0.29) is 16.7 Å². The van der Waals surface area contributed by atoms with E-state index in [1.807, 2.05) is 13.8 Å². The number of terminal acetylenes is 1. The predicted molar refractivity (Wildman–Crippen MR) is 77.5 cm³/mol. The van der Waals surface area contributed by atoms with Crippen molar-refractivity contribution in [3.05, 3.63) is 27.3 Å².